The van der Waals surface area contributed by atoms with Crippen LogP contribution in [0.2, 0.25) is 0 Å². The summed E-state index contributed by atoms with van der Waals surface area (Å²) in [5.41, 5.74) is 0. The topological polar surface area (TPSA) is 79.2 Å². The third kappa shape index (κ3) is 7.20. The summed E-state index contributed by atoms with van der Waals surface area (Å²) in [6, 6.07) is 0. The predicted molar refractivity (Wildman–Crippen MR) is 85.7 cm³/mol. The van der Waals surface area contributed by atoms with E-state index in [9.17, 15) is 15.3 Å². The second kappa shape index (κ2) is 12.0. The lowest BCUT2D eigenvalue weighted by Crippen LogP contribution is -2.55. The van der Waals surface area contributed by atoms with Crippen LogP contribution >= 0.6 is 0 Å². The number of aliphatic hydroxyl groups is 3. The van der Waals surface area contributed by atoms with Crippen LogP contribution in [0.15, 0.2) is 12.7 Å². The number of rotatable bonds is 12. The molecule has 1 aliphatic rings. The minimum absolute atomic E-state index is 0.0398. The van der Waals surface area contributed by atoms with Gasteiger partial charge in [0.05, 0.1) is 13.2 Å². The summed E-state index contributed by atoms with van der Waals surface area (Å²) in [4.78, 5) is 0. The largest absolute Gasteiger partial charge is 0.394 e. The first-order valence-corrected chi connectivity index (χ1v) is 8.51. The summed E-state index contributed by atoms with van der Waals surface area (Å²) in [5, 5.41) is 28.7. The van der Waals surface area contributed by atoms with Gasteiger partial charge in [-0.05, 0) is 19.3 Å². The molecule has 0 amide bonds. The number of ether oxygens (including phenoxy) is 2. The average Bonchev–Trinajstić information content (AvgIpc) is 2.53. The Labute approximate surface area is 133 Å². The van der Waals surface area contributed by atoms with Gasteiger partial charge in [-0.2, -0.15) is 0 Å². The standard InChI is InChI=1S/C17H32O5/c1-2-3-4-5-6-7-8-9-10-11-21-17-15(12-18)22-13-14(19)16(17)20/h2,14-20H,1,3-13H2/t14-,15+,16+,17+/m1/s1. The summed E-state index contributed by atoms with van der Waals surface area (Å²) >= 11 is 0. The fraction of sp³-hybridized carbons (Fsp3) is 0.882. The Balaban J connectivity index is 2.04. The fourth-order valence-corrected chi connectivity index (χ4v) is 2.71. The van der Waals surface area contributed by atoms with Gasteiger partial charge in [-0.3, -0.25) is 0 Å². The Bertz CT molecular complexity index is 282. The Morgan fingerprint density at radius 3 is 2.32 bits per heavy atom. The molecule has 5 nitrogen and oxygen atoms in total. The van der Waals surface area contributed by atoms with Gasteiger partial charge >= 0.3 is 0 Å². The molecule has 0 aliphatic carbocycles. The van der Waals surface area contributed by atoms with Crippen molar-refractivity contribution in [1.82, 2.24) is 0 Å². The Morgan fingerprint density at radius 2 is 1.68 bits per heavy atom. The highest BCUT2D eigenvalue weighted by Gasteiger charge is 2.39. The van der Waals surface area contributed by atoms with Crippen molar-refractivity contribution in [3.05, 3.63) is 12.7 Å². The zero-order valence-electron chi connectivity index (χ0n) is 13.5. The molecule has 0 radical (unpaired) electrons. The first-order chi connectivity index (χ1) is 10.7. The molecule has 1 aliphatic heterocycles. The third-order valence-electron chi connectivity index (χ3n) is 4.12. The number of aliphatic hydroxyl groups excluding tert-OH is 3. The van der Waals surface area contributed by atoms with Gasteiger partial charge in [-0.1, -0.05) is 38.2 Å². The van der Waals surface area contributed by atoms with E-state index in [4.69, 9.17) is 9.47 Å². The second-order valence-corrected chi connectivity index (χ2v) is 6.00. The van der Waals surface area contributed by atoms with Crippen LogP contribution in [0.1, 0.15) is 51.4 Å². The van der Waals surface area contributed by atoms with E-state index in [1.54, 1.807) is 0 Å². The molecule has 0 aromatic rings. The molecule has 0 unspecified atom stereocenters. The van der Waals surface area contributed by atoms with Crippen LogP contribution in [-0.4, -0.2) is 59.6 Å². The molecule has 0 aromatic carbocycles. The van der Waals surface area contributed by atoms with E-state index in [0.29, 0.717) is 6.61 Å². The van der Waals surface area contributed by atoms with Gasteiger partial charge in [0.25, 0.3) is 0 Å². The highest BCUT2D eigenvalue weighted by Crippen LogP contribution is 2.19. The van der Waals surface area contributed by atoms with Crippen LogP contribution in [0.3, 0.4) is 0 Å². The number of unbranched alkanes of at least 4 members (excludes halogenated alkanes) is 7. The molecule has 5 heteroatoms. The minimum atomic E-state index is -0.990. The lowest BCUT2D eigenvalue weighted by atomic mass is 10.0. The molecule has 22 heavy (non-hydrogen) atoms. The fourth-order valence-electron chi connectivity index (χ4n) is 2.71. The maximum Gasteiger partial charge on any atom is 0.114 e. The molecule has 1 fully saturated rings. The monoisotopic (exact) mass is 316 g/mol. The van der Waals surface area contributed by atoms with Gasteiger partial charge in [0, 0.05) is 6.61 Å². The van der Waals surface area contributed by atoms with E-state index >= 15 is 0 Å². The maximum absolute atomic E-state index is 9.91. The first kappa shape index (κ1) is 19.6. The van der Waals surface area contributed by atoms with E-state index in [1.165, 1.54) is 32.1 Å². The second-order valence-electron chi connectivity index (χ2n) is 6.00. The number of hydrogen-bond donors (Lipinski definition) is 3. The molecule has 3 N–H and O–H groups in total. The predicted octanol–water partition coefficient (Wildman–Crippen LogP) is 1.79. The molecule has 1 saturated heterocycles. The van der Waals surface area contributed by atoms with Gasteiger partial charge < -0.3 is 24.8 Å². The lowest BCUT2D eigenvalue weighted by Gasteiger charge is -2.37. The van der Waals surface area contributed by atoms with Crippen molar-refractivity contribution in [3.63, 3.8) is 0 Å². The van der Waals surface area contributed by atoms with E-state index in [-0.39, 0.29) is 13.2 Å². The molecule has 0 bridgehead atoms. The van der Waals surface area contributed by atoms with Gasteiger partial charge in [0.15, 0.2) is 0 Å². The maximum atomic E-state index is 9.91. The van der Waals surface area contributed by atoms with Gasteiger partial charge in [-0.25, -0.2) is 0 Å². The number of allylic oxidation sites excluding steroid dienone is 1. The van der Waals surface area contributed by atoms with Crippen LogP contribution in [0.5, 0.6) is 0 Å². The van der Waals surface area contributed by atoms with Gasteiger partial charge in [-0.15, -0.1) is 6.58 Å². The average molecular weight is 316 g/mol. The highest BCUT2D eigenvalue weighted by atomic mass is 16.6. The van der Waals surface area contributed by atoms with Crippen molar-refractivity contribution < 1.29 is 24.8 Å². The van der Waals surface area contributed by atoms with Crippen LogP contribution in [0.25, 0.3) is 0 Å². The van der Waals surface area contributed by atoms with Crippen molar-refractivity contribution in [3.8, 4) is 0 Å². The van der Waals surface area contributed by atoms with Crippen molar-refractivity contribution in [2.24, 2.45) is 0 Å². The van der Waals surface area contributed by atoms with Crippen LogP contribution in [0.4, 0.5) is 0 Å². The van der Waals surface area contributed by atoms with E-state index in [1.807, 2.05) is 6.08 Å². The van der Waals surface area contributed by atoms with Crippen molar-refractivity contribution in [2.45, 2.75) is 75.8 Å². The SMILES string of the molecule is C=CCCCCCCCCCO[C@@H]1[C@@H](O)[C@H](O)CO[C@H]1CO. The van der Waals surface area contributed by atoms with Gasteiger partial charge in [0.1, 0.15) is 24.4 Å². The van der Waals surface area contributed by atoms with E-state index in [2.05, 4.69) is 6.58 Å². The third-order valence-corrected chi connectivity index (χ3v) is 4.12. The molecule has 0 aromatic heterocycles. The summed E-state index contributed by atoms with van der Waals surface area (Å²) in [6.45, 7) is 4.07. The Kier molecular flexibility index (Phi) is 10.7. The normalized spacial score (nSPS) is 28.7. The molecule has 1 heterocycles. The Morgan fingerprint density at radius 1 is 1.05 bits per heavy atom. The molecular formula is C17H32O5. The zero-order valence-corrected chi connectivity index (χ0v) is 13.5. The summed E-state index contributed by atoms with van der Waals surface area (Å²) < 4.78 is 10.9. The zero-order chi connectivity index (χ0) is 16.2. The summed E-state index contributed by atoms with van der Waals surface area (Å²) in [6.07, 6.45) is 8.16. The van der Waals surface area contributed by atoms with Gasteiger partial charge in [0.2, 0.25) is 0 Å². The molecule has 4 atom stereocenters. The highest BCUT2D eigenvalue weighted by molar-refractivity contribution is 4.87. The van der Waals surface area contributed by atoms with Crippen molar-refractivity contribution in [1.29, 1.82) is 0 Å². The van der Waals surface area contributed by atoms with E-state index in [0.717, 1.165) is 19.3 Å². The summed E-state index contributed by atoms with van der Waals surface area (Å²) in [5.74, 6) is 0. The molecule has 0 spiro atoms. The lowest BCUT2D eigenvalue weighted by molar-refractivity contribution is -0.211. The smallest absolute Gasteiger partial charge is 0.114 e. The first-order valence-electron chi connectivity index (χ1n) is 8.51. The van der Waals surface area contributed by atoms with E-state index < -0.39 is 24.4 Å². The Hall–Kier alpha value is -0.460. The molecule has 130 valence electrons. The summed E-state index contributed by atoms with van der Waals surface area (Å²) in [7, 11) is 0. The molecule has 1 rings (SSSR count). The van der Waals surface area contributed by atoms with Crippen molar-refractivity contribution in [2.75, 3.05) is 19.8 Å². The molecule has 0 saturated carbocycles. The van der Waals surface area contributed by atoms with Crippen LogP contribution in [-0.2, 0) is 9.47 Å². The van der Waals surface area contributed by atoms with Crippen LogP contribution in [0, 0.1) is 0 Å². The quantitative estimate of drug-likeness (QED) is 0.378. The minimum Gasteiger partial charge on any atom is -0.394 e. The van der Waals surface area contributed by atoms with Crippen molar-refractivity contribution >= 4 is 0 Å². The molecular weight excluding hydrogens is 284 g/mol. The van der Waals surface area contributed by atoms with Crippen LogP contribution < -0.4 is 0 Å². The number of hydrogen-bond acceptors (Lipinski definition) is 5.